The molecule has 0 aliphatic heterocycles. The second-order valence-corrected chi connectivity index (χ2v) is 7.14. The maximum atomic E-state index is 12.5. The molecule has 0 fully saturated rings. The highest BCUT2D eigenvalue weighted by molar-refractivity contribution is 7.99. The molecular formula is C20H18N4O2S. The molecule has 0 aliphatic carbocycles. The summed E-state index contributed by atoms with van der Waals surface area (Å²) in [5.41, 5.74) is 1.02. The van der Waals surface area contributed by atoms with Crippen molar-refractivity contribution in [1.82, 2.24) is 9.55 Å². The average Bonchev–Trinajstić information content (AvgIpc) is 2.69. The quantitative estimate of drug-likeness (QED) is 0.665. The minimum absolute atomic E-state index is 0.0824. The summed E-state index contributed by atoms with van der Waals surface area (Å²) in [5.74, 6) is 0.244. The molecule has 3 aromatic rings. The van der Waals surface area contributed by atoms with Crippen LogP contribution in [0, 0.1) is 17.2 Å². The molecule has 1 amide bonds. The lowest BCUT2D eigenvalue weighted by molar-refractivity contribution is -0.116. The Morgan fingerprint density at radius 1 is 1.26 bits per heavy atom. The lowest BCUT2D eigenvalue weighted by Crippen LogP contribution is -2.28. The van der Waals surface area contributed by atoms with Gasteiger partial charge in [-0.25, -0.2) is 4.98 Å². The van der Waals surface area contributed by atoms with Crippen LogP contribution in [0.2, 0.25) is 0 Å². The molecule has 1 heterocycles. The first kappa shape index (κ1) is 18.7. The summed E-state index contributed by atoms with van der Waals surface area (Å²) in [5, 5.41) is 12.2. The van der Waals surface area contributed by atoms with Crippen LogP contribution in [0.3, 0.4) is 0 Å². The first-order chi connectivity index (χ1) is 13.1. The lowest BCUT2D eigenvalue weighted by Gasteiger charge is -2.12. The molecule has 27 heavy (non-hydrogen) atoms. The predicted octanol–water partition coefficient (Wildman–Crippen LogP) is 3.29. The topological polar surface area (TPSA) is 87.8 Å². The van der Waals surface area contributed by atoms with Gasteiger partial charge in [0.2, 0.25) is 5.91 Å². The van der Waals surface area contributed by atoms with Crippen molar-refractivity contribution in [1.29, 1.82) is 5.26 Å². The standard InChI is InChI=1S/C20H18N4O2S/c1-14(10-21)12-27-18-9-5-4-8-17(18)23-19(25)11-24-13-22-16-7-3-2-6-15(16)20(24)26/h2-9,13-14H,11-12H2,1H3,(H,23,25)/t14-/m0/s1. The van der Waals surface area contributed by atoms with Crippen LogP contribution in [0.1, 0.15) is 6.92 Å². The first-order valence-corrected chi connectivity index (χ1v) is 9.42. The van der Waals surface area contributed by atoms with Gasteiger partial charge in [-0.15, -0.1) is 11.8 Å². The second-order valence-electron chi connectivity index (χ2n) is 6.08. The van der Waals surface area contributed by atoms with Crippen molar-refractivity contribution in [3.8, 4) is 6.07 Å². The molecule has 0 aliphatic rings. The zero-order chi connectivity index (χ0) is 19.2. The SMILES string of the molecule is C[C@@H](C#N)CSc1ccccc1NC(=O)Cn1cnc2ccccc2c1=O. The third-order valence-electron chi connectivity index (χ3n) is 3.92. The number of nitriles is 1. The molecule has 0 saturated heterocycles. The lowest BCUT2D eigenvalue weighted by atomic mass is 10.2. The summed E-state index contributed by atoms with van der Waals surface area (Å²) in [6.45, 7) is 1.73. The Labute approximate surface area is 160 Å². The number of rotatable bonds is 6. The Balaban J connectivity index is 1.74. The highest BCUT2D eigenvalue weighted by Gasteiger charge is 2.11. The van der Waals surface area contributed by atoms with Crippen molar-refractivity contribution in [2.75, 3.05) is 11.1 Å². The zero-order valence-corrected chi connectivity index (χ0v) is 15.6. The Kier molecular flexibility index (Phi) is 5.89. The van der Waals surface area contributed by atoms with Gasteiger partial charge >= 0.3 is 0 Å². The number of carbonyl (C=O) groups is 1. The molecule has 1 atom stereocenters. The van der Waals surface area contributed by atoms with Gasteiger partial charge in [-0.1, -0.05) is 24.3 Å². The van der Waals surface area contributed by atoms with Gasteiger partial charge in [0.05, 0.1) is 34.9 Å². The van der Waals surface area contributed by atoms with Crippen molar-refractivity contribution in [3.05, 3.63) is 65.2 Å². The van der Waals surface area contributed by atoms with Gasteiger partial charge in [-0.3, -0.25) is 14.2 Å². The van der Waals surface area contributed by atoms with E-state index in [1.807, 2.05) is 31.2 Å². The third-order valence-corrected chi connectivity index (χ3v) is 5.25. The molecular weight excluding hydrogens is 360 g/mol. The normalized spacial score (nSPS) is 11.7. The van der Waals surface area contributed by atoms with Crippen LogP contribution in [0.15, 0.2) is 64.5 Å². The van der Waals surface area contributed by atoms with Gasteiger partial charge in [-0.2, -0.15) is 5.26 Å². The van der Waals surface area contributed by atoms with E-state index >= 15 is 0 Å². The molecule has 1 N–H and O–H groups in total. The van der Waals surface area contributed by atoms with Gasteiger partial charge in [0.25, 0.3) is 5.56 Å². The minimum Gasteiger partial charge on any atom is -0.324 e. The summed E-state index contributed by atoms with van der Waals surface area (Å²) in [4.78, 5) is 30.1. The van der Waals surface area contributed by atoms with Gasteiger partial charge < -0.3 is 5.32 Å². The number of nitrogens with zero attached hydrogens (tertiary/aromatic N) is 3. The molecule has 1 aromatic heterocycles. The van der Waals surface area contributed by atoms with Crippen LogP contribution < -0.4 is 10.9 Å². The molecule has 2 aromatic carbocycles. The smallest absolute Gasteiger partial charge is 0.261 e. The first-order valence-electron chi connectivity index (χ1n) is 8.44. The molecule has 0 radical (unpaired) electrons. The van der Waals surface area contributed by atoms with E-state index in [1.165, 1.54) is 22.7 Å². The zero-order valence-electron chi connectivity index (χ0n) is 14.8. The van der Waals surface area contributed by atoms with Crippen LogP contribution in [0.4, 0.5) is 5.69 Å². The largest absolute Gasteiger partial charge is 0.324 e. The molecule has 0 bridgehead atoms. The third kappa shape index (κ3) is 4.54. The van der Waals surface area contributed by atoms with Crippen LogP contribution in [-0.2, 0) is 11.3 Å². The number of para-hydroxylation sites is 2. The minimum atomic E-state index is -0.310. The molecule has 7 heteroatoms. The Hall–Kier alpha value is -3.11. The number of amides is 1. The van der Waals surface area contributed by atoms with E-state index in [9.17, 15) is 9.59 Å². The number of carbonyl (C=O) groups excluding carboxylic acids is 1. The number of benzene rings is 2. The van der Waals surface area contributed by atoms with Crippen molar-refractivity contribution < 1.29 is 4.79 Å². The van der Waals surface area contributed by atoms with E-state index in [2.05, 4.69) is 16.4 Å². The van der Waals surface area contributed by atoms with Crippen molar-refractivity contribution in [3.63, 3.8) is 0 Å². The van der Waals surface area contributed by atoms with Gasteiger partial charge in [-0.05, 0) is 31.2 Å². The summed E-state index contributed by atoms with van der Waals surface area (Å²) in [7, 11) is 0. The molecule has 0 spiro atoms. The van der Waals surface area contributed by atoms with Crippen LogP contribution >= 0.6 is 11.8 Å². The van der Waals surface area contributed by atoms with E-state index in [1.54, 1.807) is 24.3 Å². The number of nitrogens with one attached hydrogen (secondary N) is 1. The van der Waals surface area contributed by atoms with Crippen LogP contribution in [0.5, 0.6) is 0 Å². The van der Waals surface area contributed by atoms with Gasteiger partial charge in [0, 0.05) is 10.6 Å². The number of hydrogen-bond donors (Lipinski definition) is 1. The number of thioether (sulfide) groups is 1. The van der Waals surface area contributed by atoms with E-state index in [-0.39, 0.29) is 23.9 Å². The highest BCUT2D eigenvalue weighted by Crippen LogP contribution is 2.28. The summed E-state index contributed by atoms with van der Waals surface area (Å²) < 4.78 is 1.30. The molecule has 3 rings (SSSR count). The van der Waals surface area contributed by atoms with Crippen molar-refractivity contribution in [2.24, 2.45) is 5.92 Å². The highest BCUT2D eigenvalue weighted by atomic mass is 32.2. The summed E-state index contributed by atoms with van der Waals surface area (Å²) in [6.07, 6.45) is 1.39. The molecule has 136 valence electrons. The van der Waals surface area contributed by atoms with E-state index in [0.717, 1.165) is 4.90 Å². The molecule has 0 saturated carbocycles. The average molecular weight is 378 g/mol. The van der Waals surface area contributed by atoms with Crippen molar-refractivity contribution in [2.45, 2.75) is 18.4 Å². The number of anilines is 1. The van der Waals surface area contributed by atoms with Gasteiger partial charge in [0.1, 0.15) is 6.54 Å². The van der Waals surface area contributed by atoms with Crippen LogP contribution in [0.25, 0.3) is 10.9 Å². The summed E-state index contributed by atoms with van der Waals surface area (Å²) in [6, 6.07) is 16.6. The summed E-state index contributed by atoms with van der Waals surface area (Å²) >= 11 is 1.51. The van der Waals surface area contributed by atoms with E-state index in [4.69, 9.17) is 5.26 Å². The Bertz CT molecular complexity index is 1070. The fraction of sp³-hybridized carbons (Fsp3) is 0.200. The van der Waals surface area contributed by atoms with Crippen LogP contribution in [-0.4, -0.2) is 21.2 Å². The number of fused-ring (bicyclic) bond motifs is 1. The molecule has 0 unspecified atom stereocenters. The van der Waals surface area contributed by atoms with E-state index in [0.29, 0.717) is 22.3 Å². The number of hydrogen-bond acceptors (Lipinski definition) is 5. The van der Waals surface area contributed by atoms with Gasteiger partial charge in [0.15, 0.2) is 0 Å². The second kappa shape index (κ2) is 8.52. The van der Waals surface area contributed by atoms with E-state index < -0.39 is 0 Å². The predicted molar refractivity (Wildman–Crippen MR) is 107 cm³/mol. The Morgan fingerprint density at radius 3 is 2.81 bits per heavy atom. The maximum Gasteiger partial charge on any atom is 0.261 e. The monoisotopic (exact) mass is 378 g/mol. The maximum absolute atomic E-state index is 12.5. The fourth-order valence-corrected chi connectivity index (χ4v) is 3.46. The Morgan fingerprint density at radius 2 is 2.00 bits per heavy atom. The van der Waals surface area contributed by atoms with Crippen molar-refractivity contribution >= 4 is 34.3 Å². The fourth-order valence-electron chi connectivity index (χ4n) is 2.51. The number of aromatic nitrogens is 2. The molecule has 6 nitrogen and oxygen atoms in total.